The average molecular weight is 547 g/mol. The quantitative estimate of drug-likeness (QED) is 0.136. The Morgan fingerprint density at radius 1 is 0.897 bits per heavy atom. The Labute approximate surface area is 223 Å². The predicted octanol–water partition coefficient (Wildman–Crippen LogP) is -1.03. The second kappa shape index (κ2) is 13.9. The molecule has 2 aromatic rings. The third-order valence-electron chi connectivity index (χ3n) is 6.32. The second-order valence-electron chi connectivity index (χ2n) is 9.26. The number of benzene rings is 1. The number of fused-ring (bicyclic) bond motifs is 1. The van der Waals surface area contributed by atoms with E-state index in [0.29, 0.717) is 12.0 Å². The standard InChI is InChI=1S/C25H34N6O8/c1-3-12(2)21(27)24(37)30-16(9-19(26)32)22(35)29-17(10-20(33)34)23(36)31-18(25(38)39)8-13-11-28-15-7-5-4-6-14(13)15/h4-7,11-12,16-18,21,28H,3,8-10,27H2,1-2H3,(H2,26,32)(H,29,35)(H,30,37)(H,31,36)(H,33,34)(H,38,39). The van der Waals surface area contributed by atoms with Gasteiger partial charge in [0, 0.05) is 23.5 Å². The van der Waals surface area contributed by atoms with Crippen LogP contribution in [0.25, 0.3) is 10.9 Å². The van der Waals surface area contributed by atoms with Crippen LogP contribution in [0.3, 0.4) is 0 Å². The fourth-order valence-corrected chi connectivity index (χ4v) is 3.84. The number of para-hydroxylation sites is 1. The largest absolute Gasteiger partial charge is 0.481 e. The van der Waals surface area contributed by atoms with Crippen molar-refractivity contribution in [2.75, 3.05) is 0 Å². The van der Waals surface area contributed by atoms with Crippen LogP contribution in [0.4, 0.5) is 0 Å². The third kappa shape index (κ3) is 8.81. The van der Waals surface area contributed by atoms with Crippen molar-refractivity contribution in [3.63, 3.8) is 0 Å². The van der Waals surface area contributed by atoms with E-state index >= 15 is 0 Å². The Kier molecular flexibility index (Phi) is 11.0. The molecule has 10 N–H and O–H groups in total. The van der Waals surface area contributed by atoms with E-state index in [9.17, 15) is 39.0 Å². The summed E-state index contributed by atoms with van der Waals surface area (Å²) in [7, 11) is 0. The first-order chi connectivity index (χ1) is 18.3. The summed E-state index contributed by atoms with van der Waals surface area (Å²) in [4.78, 5) is 76.3. The molecule has 0 spiro atoms. The lowest BCUT2D eigenvalue weighted by molar-refractivity contribution is -0.143. The first-order valence-electron chi connectivity index (χ1n) is 12.3. The Balaban J connectivity index is 2.20. The number of carbonyl (C=O) groups is 6. The maximum Gasteiger partial charge on any atom is 0.326 e. The van der Waals surface area contributed by atoms with Gasteiger partial charge in [-0.25, -0.2) is 4.79 Å². The molecule has 5 atom stereocenters. The molecule has 0 bridgehead atoms. The molecule has 1 heterocycles. The lowest BCUT2D eigenvalue weighted by Gasteiger charge is -2.25. The van der Waals surface area contributed by atoms with Gasteiger partial charge in [-0.05, 0) is 17.5 Å². The Bertz CT molecular complexity index is 1230. The number of nitrogens with one attached hydrogen (secondary N) is 4. The fraction of sp³-hybridized carbons (Fsp3) is 0.440. The Hall–Kier alpha value is -4.46. The first-order valence-corrected chi connectivity index (χ1v) is 12.3. The molecule has 1 aromatic heterocycles. The van der Waals surface area contributed by atoms with Crippen LogP contribution in [-0.4, -0.2) is 74.9 Å². The smallest absolute Gasteiger partial charge is 0.326 e. The number of rotatable bonds is 15. The van der Waals surface area contributed by atoms with Crippen molar-refractivity contribution >= 4 is 46.5 Å². The zero-order chi connectivity index (χ0) is 29.3. The van der Waals surface area contributed by atoms with E-state index in [1.165, 1.54) is 0 Å². The molecule has 0 saturated heterocycles. The molecule has 0 aliphatic rings. The molecular formula is C25H34N6O8. The summed E-state index contributed by atoms with van der Waals surface area (Å²) >= 11 is 0. The number of aromatic amines is 1. The van der Waals surface area contributed by atoms with Crippen LogP contribution in [0, 0.1) is 5.92 Å². The van der Waals surface area contributed by atoms with Gasteiger partial charge in [-0.3, -0.25) is 24.0 Å². The summed E-state index contributed by atoms with van der Waals surface area (Å²) < 4.78 is 0. The maximum atomic E-state index is 13.0. The average Bonchev–Trinajstić information content (AvgIpc) is 3.28. The zero-order valence-corrected chi connectivity index (χ0v) is 21.6. The summed E-state index contributed by atoms with van der Waals surface area (Å²) in [6.45, 7) is 3.53. The lowest BCUT2D eigenvalue weighted by Crippen LogP contribution is -2.58. The number of primary amides is 1. The number of hydrogen-bond donors (Lipinski definition) is 8. The van der Waals surface area contributed by atoms with Crippen molar-refractivity contribution in [3.05, 3.63) is 36.0 Å². The molecule has 0 saturated carbocycles. The van der Waals surface area contributed by atoms with Crippen LogP contribution in [0.2, 0.25) is 0 Å². The fourth-order valence-electron chi connectivity index (χ4n) is 3.84. The number of carbonyl (C=O) groups excluding carboxylic acids is 4. The molecule has 0 aliphatic heterocycles. The third-order valence-corrected chi connectivity index (χ3v) is 6.32. The molecule has 4 amide bonds. The zero-order valence-electron chi connectivity index (χ0n) is 21.6. The summed E-state index contributed by atoms with van der Waals surface area (Å²) in [6, 6.07) is 1.40. The van der Waals surface area contributed by atoms with Gasteiger partial charge >= 0.3 is 11.9 Å². The summed E-state index contributed by atoms with van der Waals surface area (Å²) in [5.74, 6) is -6.94. The molecule has 1 aromatic carbocycles. The second-order valence-corrected chi connectivity index (χ2v) is 9.26. The highest BCUT2D eigenvalue weighted by atomic mass is 16.4. The molecule has 0 radical (unpaired) electrons. The molecule has 39 heavy (non-hydrogen) atoms. The SMILES string of the molecule is CCC(C)C(N)C(=O)NC(CC(N)=O)C(=O)NC(CC(=O)O)C(=O)NC(Cc1c[nH]c2ccccc12)C(=O)O. The van der Waals surface area contributed by atoms with E-state index in [4.69, 9.17) is 11.5 Å². The molecule has 14 heteroatoms. The van der Waals surface area contributed by atoms with Gasteiger partial charge in [-0.2, -0.15) is 0 Å². The van der Waals surface area contributed by atoms with Crippen LogP contribution in [0.1, 0.15) is 38.7 Å². The number of amides is 4. The first kappa shape index (κ1) is 30.8. The van der Waals surface area contributed by atoms with Crippen LogP contribution in [0.15, 0.2) is 30.5 Å². The minimum atomic E-state index is -1.73. The van der Waals surface area contributed by atoms with E-state index in [0.717, 1.165) is 10.9 Å². The number of H-pyrrole nitrogens is 1. The number of nitrogens with two attached hydrogens (primary N) is 2. The molecule has 212 valence electrons. The van der Waals surface area contributed by atoms with Gasteiger partial charge in [-0.1, -0.05) is 38.5 Å². The molecule has 5 unspecified atom stereocenters. The van der Waals surface area contributed by atoms with Gasteiger partial charge in [0.15, 0.2) is 0 Å². The van der Waals surface area contributed by atoms with Crippen LogP contribution >= 0.6 is 0 Å². The number of aromatic nitrogens is 1. The van der Waals surface area contributed by atoms with Crippen LogP contribution in [-0.2, 0) is 35.2 Å². The topological polar surface area (TPSA) is 247 Å². The Morgan fingerprint density at radius 2 is 1.46 bits per heavy atom. The minimum Gasteiger partial charge on any atom is -0.481 e. The van der Waals surface area contributed by atoms with Gasteiger partial charge in [-0.15, -0.1) is 0 Å². The number of aliphatic carboxylic acids is 2. The summed E-state index contributed by atoms with van der Waals surface area (Å²) in [6.07, 6.45) is 0.480. The monoisotopic (exact) mass is 546 g/mol. The summed E-state index contributed by atoms with van der Waals surface area (Å²) in [5.41, 5.74) is 12.4. The van der Waals surface area contributed by atoms with E-state index in [1.54, 1.807) is 37.4 Å². The lowest BCUT2D eigenvalue weighted by atomic mass is 9.99. The molecule has 0 fully saturated rings. The molecular weight excluding hydrogens is 512 g/mol. The van der Waals surface area contributed by atoms with Crippen molar-refractivity contribution in [2.24, 2.45) is 17.4 Å². The number of hydrogen-bond acceptors (Lipinski definition) is 7. The van der Waals surface area contributed by atoms with Crippen molar-refractivity contribution in [2.45, 2.75) is 63.7 Å². The van der Waals surface area contributed by atoms with Crippen molar-refractivity contribution in [1.29, 1.82) is 0 Å². The van der Waals surface area contributed by atoms with E-state index < -0.39 is 72.6 Å². The Morgan fingerprint density at radius 3 is 2.03 bits per heavy atom. The van der Waals surface area contributed by atoms with Gasteiger partial charge in [0.05, 0.1) is 18.9 Å². The van der Waals surface area contributed by atoms with Gasteiger partial charge in [0.25, 0.3) is 0 Å². The van der Waals surface area contributed by atoms with Crippen LogP contribution in [0.5, 0.6) is 0 Å². The summed E-state index contributed by atoms with van der Waals surface area (Å²) in [5, 5.41) is 26.5. The molecule has 0 aliphatic carbocycles. The minimum absolute atomic E-state index is 0.132. The van der Waals surface area contributed by atoms with E-state index in [-0.39, 0.29) is 12.3 Å². The highest BCUT2D eigenvalue weighted by molar-refractivity contribution is 5.97. The predicted molar refractivity (Wildman–Crippen MR) is 139 cm³/mol. The van der Waals surface area contributed by atoms with Crippen molar-refractivity contribution < 1.29 is 39.0 Å². The van der Waals surface area contributed by atoms with Gasteiger partial charge in [0.1, 0.15) is 18.1 Å². The van der Waals surface area contributed by atoms with Crippen molar-refractivity contribution in [3.8, 4) is 0 Å². The number of carboxylic acids is 2. The van der Waals surface area contributed by atoms with E-state index in [1.807, 2.05) is 6.92 Å². The molecule has 14 nitrogen and oxygen atoms in total. The van der Waals surface area contributed by atoms with Crippen molar-refractivity contribution in [1.82, 2.24) is 20.9 Å². The normalized spacial score (nSPS) is 14.8. The highest BCUT2D eigenvalue weighted by Crippen LogP contribution is 2.19. The highest BCUT2D eigenvalue weighted by Gasteiger charge is 2.33. The number of carboxylic acid groups (broad SMARTS) is 2. The van der Waals surface area contributed by atoms with Crippen LogP contribution < -0.4 is 27.4 Å². The maximum absolute atomic E-state index is 13.0. The van der Waals surface area contributed by atoms with Gasteiger partial charge in [0.2, 0.25) is 23.6 Å². The molecule has 2 rings (SSSR count). The van der Waals surface area contributed by atoms with Gasteiger partial charge < -0.3 is 42.6 Å². The van der Waals surface area contributed by atoms with E-state index in [2.05, 4.69) is 20.9 Å².